The van der Waals surface area contributed by atoms with E-state index in [0.717, 1.165) is 4.47 Å². The highest BCUT2D eigenvalue weighted by molar-refractivity contribution is 9.10. The molecule has 0 spiro atoms. The summed E-state index contributed by atoms with van der Waals surface area (Å²) in [4.78, 5) is 12.3. The number of amides is 1. The van der Waals surface area contributed by atoms with Gasteiger partial charge in [-0.2, -0.15) is 0 Å². The number of carbonyl (C=O) groups is 1. The highest BCUT2D eigenvalue weighted by atomic mass is 79.9. The predicted octanol–water partition coefficient (Wildman–Crippen LogP) is 5.16. The zero-order chi connectivity index (χ0) is 19.4. The number of hydrogen-bond donors (Lipinski definition) is 2. The monoisotopic (exact) mass is 464 g/mol. The summed E-state index contributed by atoms with van der Waals surface area (Å²) < 4.78 is 28.3. The molecule has 0 unspecified atom stereocenters. The van der Waals surface area contributed by atoms with Crippen molar-refractivity contribution in [3.63, 3.8) is 0 Å². The van der Waals surface area contributed by atoms with Gasteiger partial charge in [0.15, 0.2) is 0 Å². The molecule has 3 rings (SSSR count). The van der Waals surface area contributed by atoms with E-state index in [9.17, 15) is 13.2 Å². The van der Waals surface area contributed by atoms with Crippen LogP contribution in [0.25, 0.3) is 0 Å². The Hall–Kier alpha value is -2.35. The average molecular weight is 466 g/mol. The Morgan fingerprint density at radius 2 is 1.44 bits per heavy atom. The lowest BCUT2D eigenvalue weighted by molar-refractivity contribution is 0.102. The maximum atomic E-state index is 12.5. The number of halogens is 2. The van der Waals surface area contributed by atoms with Gasteiger partial charge in [-0.05, 0) is 60.7 Å². The molecular weight excluding hydrogens is 452 g/mol. The third-order valence-corrected chi connectivity index (χ3v) is 5.89. The Bertz CT molecular complexity index is 1070. The van der Waals surface area contributed by atoms with Gasteiger partial charge in [-0.25, -0.2) is 8.42 Å². The summed E-state index contributed by atoms with van der Waals surface area (Å²) in [6, 6.07) is 19.3. The smallest absolute Gasteiger partial charge is 0.261 e. The van der Waals surface area contributed by atoms with Crippen LogP contribution in [0.5, 0.6) is 0 Å². The SMILES string of the molecule is O=C(Nc1ccc(S(=O)(=O)Nc2ccc(Br)cc2)cc1)c1ccccc1Cl. The molecule has 27 heavy (non-hydrogen) atoms. The second kappa shape index (κ2) is 8.12. The van der Waals surface area contributed by atoms with Crippen LogP contribution in [-0.2, 0) is 10.0 Å². The molecule has 2 N–H and O–H groups in total. The van der Waals surface area contributed by atoms with Crippen LogP contribution in [0, 0.1) is 0 Å². The van der Waals surface area contributed by atoms with E-state index >= 15 is 0 Å². The Labute approximate surface area is 170 Å². The first-order valence-electron chi connectivity index (χ1n) is 7.79. The van der Waals surface area contributed by atoms with Crippen molar-refractivity contribution < 1.29 is 13.2 Å². The molecule has 8 heteroatoms. The van der Waals surface area contributed by atoms with Crippen LogP contribution < -0.4 is 10.0 Å². The largest absolute Gasteiger partial charge is 0.322 e. The molecule has 0 heterocycles. The fourth-order valence-electron chi connectivity index (χ4n) is 2.29. The van der Waals surface area contributed by atoms with Gasteiger partial charge in [-0.1, -0.05) is 39.7 Å². The lowest BCUT2D eigenvalue weighted by Gasteiger charge is -2.10. The van der Waals surface area contributed by atoms with Crippen molar-refractivity contribution in [1.29, 1.82) is 0 Å². The lowest BCUT2D eigenvalue weighted by atomic mass is 10.2. The Morgan fingerprint density at radius 1 is 0.852 bits per heavy atom. The van der Waals surface area contributed by atoms with Gasteiger partial charge in [0, 0.05) is 15.8 Å². The first-order valence-corrected chi connectivity index (χ1v) is 10.4. The van der Waals surface area contributed by atoms with E-state index in [1.165, 1.54) is 24.3 Å². The number of carbonyl (C=O) groups excluding carboxylic acids is 1. The Morgan fingerprint density at radius 3 is 2.07 bits per heavy atom. The molecule has 0 aliphatic carbocycles. The number of anilines is 2. The topological polar surface area (TPSA) is 75.3 Å². The highest BCUT2D eigenvalue weighted by Gasteiger charge is 2.15. The molecule has 0 fully saturated rings. The van der Waals surface area contributed by atoms with Gasteiger partial charge in [-0.15, -0.1) is 0 Å². The molecular formula is C19H14BrClN2O3S. The predicted molar refractivity (Wildman–Crippen MR) is 111 cm³/mol. The van der Waals surface area contributed by atoms with Crippen molar-refractivity contribution in [2.45, 2.75) is 4.90 Å². The van der Waals surface area contributed by atoms with E-state index in [0.29, 0.717) is 22.0 Å². The van der Waals surface area contributed by atoms with Gasteiger partial charge in [0.05, 0.1) is 15.5 Å². The van der Waals surface area contributed by atoms with Gasteiger partial charge in [0.1, 0.15) is 0 Å². The minimum atomic E-state index is -3.73. The van der Waals surface area contributed by atoms with E-state index < -0.39 is 10.0 Å². The fourth-order valence-corrected chi connectivity index (χ4v) is 3.84. The average Bonchev–Trinajstić information content (AvgIpc) is 2.64. The second-order valence-corrected chi connectivity index (χ2v) is 8.58. The lowest BCUT2D eigenvalue weighted by Crippen LogP contribution is -2.14. The third-order valence-electron chi connectivity index (χ3n) is 3.64. The van der Waals surface area contributed by atoms with Crippen LogP contribution in [0.2, 0.25) is 5.02 Å². The zero-order valence-electron chi connectivity index (χ0n) is 13.8. The summed E-state index contributed by atoms with van der Waals surface area (Å²) in [6.45, 7) is 0. The summed E-state index contributed by atoms with van der Waals surface area (Å²) in [5, 5.41) is 3.03. The molecule has 0 bridgehead atoms. The Kier molecular flexibility index (Phi) is 5.84. The number of hydrogen-bond acceptors (Lipinski definition) is 3. The first-order chi connectivity index (χ1) is 12.8. The Balaban J connectivity index is 1.73. The normalized spacial score (nSPS) is 11.0. The molecule has 3 aromatic carbocycles. The third kappa shape index (κ3) is 4.88. The maximum Gasteiger partial charge on any atom is 0.261 e. The van der Waals surface area contributed by atoms with Crippen molar-refractivity contribution in [2.75, 3.05) is 10.0 Å². The van der Waals surface area contributed by atoms with Gasteiger partial charge in [0.2, 0.25) is 0 Å². The van der Waals surface area contributed by atoms with Gasteiger partial charge < -0.3 is 5.32 Å². The number of rotatable bonds is 5. The molecule has 0 saturated carbocycles. The van der Waals surface area contributed by atoms with E-state index in [1.807, 2.05) is 0 Å². The van der Waals surface area contributed by atoms with Crippen LogP contribution >= 0.6 is 27.5 Å². The highest BCUT2D eigenvalue weighted by Crippen LogP contribution is 2.21. The molecule has 0 atom stereocenters. The van der Waals surface area contributed by atoms with E-state index in [4.69, 9.17) is 11.6 Å². The second-order valence-electron chi connectivity index (χ2n) is 5.57. The maximum absolute atomic E-state index is 12.5. The van der Waals surface area contributed by atoms with Crippen molar-refractivity contribution in [3.05, 3.63) is 87.9 Å². The van der Waals surface area contributed by atoms with Crippen LogP contribution in [-0.4, -0.2) is 14.3 Å². The van der Waals surface area contributed by atoms with Crippen LogP contribution in [0.15, 0.2) is 82.2 Å². The molecule has 0 saturated heterocycles. The number of benzene rings is 3. The van der Waals surface area contributed by atoms with Crippen molar-refractivity contribution >= 4 is 54.8 Å². The van der Waals surface area contributed by atoms with Gasteiger partial charge >= 0.3 is 0 Å². The zero-order valence-corrected chi connectivity index (χ0v) is 17.0. The molecule has 1 amide bonds. The van der Waals surface area contributed by atoms with Crippen LogP contribution in [0.4, 0.5) is 11.4 Å². The fraction of sp³-hybridized carbons (Fsp3) is 0. The molecule has 3 aromatic rings. The molecule has 0 aliphatic rings. The summed E-state index contributed by atoms with van der Waals surface area (Å²) in [5.74, 6) is -0.371. The van der Waals surface area contributed by atoms with Crippen LogP contribution in [0.3, 0.4) is 0 Å². The quantitative estimate of drug-likeness (QED) is 0.547. The summed E-state index contributed by atoms with van der Waals surface area (Å²) in [6.07, 6.45) is 0. The van der Waals surface area contributed by atoms with Crippen molar-refractivity contribution in [2.24, 2.45) is 0 Å². The molecule has 0 aliphatic heterocycles. The minimum absolute atomic E-state index is 0.0844. The number of sulfonamides is 1. The van der Waals surface area contributed by atoms with Crippen LogP contribution in [0.1, 0.15) is 10.4 Å². The molecule has 5 nitrogen and oxygen atoms in total. The summed E-state index contributed by atoms with van der Waals surface area (Å²) >= 11 is 9.30. The van der Waals surface area contributed by atoms with Gasteiger partial charge in [-0.3, -0.25) is 9.52 Å². The van der Waals surface area contributed by atoms with Crippen molar-refractivity contribution in [1.82, 2.24) is 0 Å². The number of nitrogens with one attached hydrogen (secondary N) is 2. The summed E-state index contributed by atoms with van der Waals surface area (Å²) in [7, 11) is -3.73. The molecule has 0 radical (unpaired) electrons. The van der Waals surface area contributed by atoms with E-state index in [1.54, 1.807) is 48.5 Å². The molecule has 0 aromatic heterocycles. The minimum Gasteiger partial charge on any atom is -0.322 e. The van der Waals surface area contributed by atoms with E-state index in [2.05, 4.69) is 26.0 Å². The van der Waals surface area contributed by atoms with Crippen molar-refractivity contribution in [3.8, 4) is 0 Å². The van der Waals surface area contributed by atoms with Gasteiger partial charge in [0.25, 0.3) is 15.9 Å². The molecule has 138 valence electrons. The standard InChI is InChI=1S/C19H14BrClN2O3S/c20-13-5-7-15(8-6-13)23-27(25,26)16-11-9-14(10-12-16)22-19(24)17-3-1-2-4-18(17)21/h1-12,23H,(H,22,24). The first kappa shape index (κ1) is 19.4. The summed E-state index contributed by atoms with van der Waals surface area (Å²) in [5.41, 5.74) is 1.25. The van der Waals surface area contributed by atoms with E-state index in [-0.39, 0.29) is 10.8 Å².